The van der Waals surface area contributed by atoms with Crippen LogP contribution in [0.25, 0.3) is 0 Å². The van der Waals surface area contributed by atoms with Crippen LogP contribution in [0, 0.1) is 35.5 Å². The van der Waals surface area contributed by atoms with Crippen LogP contribution in [0.2, 0.25) is 0 Å². The number of halogens is 1. The van der Waals surface area contributed by atoms with Gasteiger partial charge in [-0.1, -0.05) is 83.7 Å². The van der Waals surface area contributed by atoms with Crippen molar-refractivity contribution in [3.05, 3.63) is 0 Å². The molecule has 0 heterocycles. The first-order valence-electron chi connectivity index (χ1n) is 14.5. The molecule has 0 radical (unpaired) electrons. The Morgan fingerprint density at radius 2 is 0.939 bits per heavy atom. The fourth-order valence-corrected chi connectivity index (χ4v) is 6.15. The molecule has 0 fully saturated rings. The zero-order valence-electron chi connectivity index (χ0n) is 23.7. The zero-order chi connectivity index (χ0) is 24.9. The van der Waals surface area contributed by atoms with E-state index in [1.807, 2.05) is 0 Å². The highest BCUT2D eigenvalue weighted by Gasteiger charge is 2.17. The van der Waals surface area contributed by atoms with Gasteiger partial charge in [-0.15, -0.1) is 0 Å². The van der Waals surface area contributed by atoms with E-state index in [0.717, 1.165) is 60.5 Å². The average Bonchev–Trinajstić information content (AvgIpc) is 2.72. The second-order valence-electron chi connectivity index (χ2n) is 11.8. The Kier molecular flexibility index (Phi) is 23.1. The number of alkyl halides is 1. The van der Waals surface area contributed by atoms with E-state index in [1.165, 1.54) is 77.0 Å². The zero-order valence-corrected chi connectivity index (χ0v) is 25.3. The van der Waals surface area contributed by atoms with Crippen molar-refractivity contribution < 1.29 is 9.47 Å². The first-order valence-corrected chi connectivity index (χ1v) is 15.6. The smallest absolute Gasteiger partial charge is 0.146 e. The van der Waals surface area contributed by atoms with Crippen LogP contribution in [0.3, 0.4) is 0 Å². The molecule has 0 aromatic rings. The van der Waals surface area contributed by atoms with E-state index in [1.54, 1.807) is 0 Å². The topological polar surface area (TPSA) is 18.5 Å². The standard InChI is InChI=1S/C30H61BrO2/c1-8-9-10-11-17-32-24-33-18-13-15-26(3)20-28(5)22-30(7)23-29(6)21-27(4)19-25(2)14-12-16-31/h25-30H,8-24H2,1-7H3. The van der Waals surface area contributed by atoms with Crippen molar-refractivity contribution in [2.75, 3.05) is 25.3 Å². The maximum atomic E-state index is 5.65. The summed E-state index contributed by atoms with van der Waals surface area (Å²) in [6.07, 6.45) is 17.1. The van der Waals surface area contributed by atoms with Crippen molar-refractivity contribution in [2.45, 2.75) is 132 Å². The Labute approximate surface area is 217 Å². The molecule has 0 aromatic heterocycles. The summed E-state index contributed by atoms with van der Waals surface area (Å²) in [5.74, 6) is 5.06. The normalized spacial score (nSPS) is 17.5. The third-order valence-corrected chi connectivity index (χ3v) is 7.71. The summed E-state index contributed by atoms with van der Waals surface area (Å²) in [6.45, 7) is 19.2. The van der Waals surface area contributed by atoms with Crippen molar-refractivity contribution in [3.8, 4) is 0 Å². The lowest BCUT2D eigenvalue weighted by Crippen LogP contribution is -2.13. The number of hydrogen-bond donors (Lipinski definition) is 0. The van der Waals surface area contributed by atoms with Crippen LogP contribution in [0.5, 0.6) is 0 Å². The fourth-order valence-electron chi connectivity index (χ4n) is 5.82. The molecule has 2 nitrogen and oxygen atoms in total. The van der Waals surface area contributed by atoms with Crippen LogP contribution in [0.1, 0.15) is 132 Å². The summed E-state index contributed by atoms with van der Waals surface area (Å²) in [7, 11) is 0. The van der Waals surface area contributed by atoms with E-state index < -0.39 is 0 Å². The lowest BCUT2D eigenvalue weighted by molar-refractivity contribution is -0.0561. The van der Waals surface area contributed by atoms with Crippen molar-refractivity contribution in [1.29, 1.82) is 0 Å². The monoisotopic (exact) mass is 532 g/mol. The molecule has 0 spiro atoms. The Hall–Kier alpha value is 0.400. The maximum Gasteiger partial charge on any atom is 0.146 e. The van der Waals surface area contributed by atoms with E-state index >= 15 is 0 Å². The minimum Gasteiger partial charge on any atom is -0.355 e. The molecule has 6 atom stereocenters. The summed E-state index contributed by atoms with van der Waals surface area (Å²) in [5, 5.41) is 1.15. The van der Waals surface area contributed by atoms with Gasteiger partial charge in [-0.05, 0) is 99.7 Å². The number of rotatable bonds is 24. The van der Waals surface area contributed by atoms with Gasteiger partial charge in [-0.25, -0.2) is 0 Å². The van der Waals surface area contributed by atoms with Gasteiger partial charge in [-0.2, -0.15) is 0 Å². The largest absolute Gasteiger partial charge is 0.355 e. The van der Waals surface area contributed by atoms with Crippen molar-refractivity contribution in [3.63, 3.8) is 0 Å². The van der Waals surface area contributed by atoms with Gasteiger partial charge in [0.25, 0.3) is 0 Å². The van der Waals surface area contributed by atoms with Crippen molar-refractivity contribution in [2.24, 2.45) is 35.5 Å². The lowest BCUT2D eigenvalue weighted by Gasteiger charge is -2.25. The molecule has 0 bridgehead atoms. The second kappa shape index (κ2) is 22.8. The van der Waals surface area contributed by atoms with E-state index in [-0.39, 0.29) is 0 Å². The van der Waals surface area contributed by atoms with Crippen LogP contribution < -0.4 is 0 Å². The molecular formula is C30H61BrO2. The number of ether oxygens (including phenoxy) is 2. The second-order valence-corrected chi connectivity index (χ2v) is 12.6. The van der Waals surface area contributed by atoms with Gasteiger partial charge < -0.3 is 9.47 Å². The van der Waals surface area contributed by atoms with Gasteiger partial charge in [0.1, 0.15) is 6.79 Å². The summed E-state index contributed by atoms with van der Waals surface area (Å²) in [6, 6.07) is 0. The van der Waals surface area contributed by atoms with Crippen molar-refractivity contribution in [1.82, 2.24) is 0 Å². The molecule has 200 valence electrons. The minimum atomic E-state index is 0.473. The Morgan fingerprint density at radius 1 is 0.515 bits per heavy atom. The number of unbranched alkanes of at least 4 members (excludes halogenated alkanes) is 3. The van der Waals surface area contributed by atoms with Gasteiger partial charge >= 0.3 is 0 Å². The molecule has 0 saturated carbocycles. The summed E-state index contributed by atoms with van der Waals surface area (Å²) in [4.78, 5) is 0. The molecular weight excluding hydrogens is 472 g/mol. The quantitative estimate of drug-likeness (QED) is 0.0698. The van der Waals surface area contributed by atoms with E-state index in [0.29, 0.717) is 6.79 Å². The van der Waals surface area contributed by atoms with Gasteiger partial charge in [0.15, 0.2) is 0 Å². The third-order valence-electron chi connectivity index (χ3n) is 7.15. The van der Waals surface area contributed by atoms with Gasteiger partial charge in [0.2, 0.25) is 0 Å². The minimum absolute atomic E-state index is 0.473. The SMILES string of the molecule is CCCCCCOCOCCCC(C)CC(C)CC(C)CC(C)CC(C)CC(C)CCCBr. The van der Waals surface area contributed by atoms with E-state index in [4.69, 9.17) is 9.47 Å². The van der Waals surface area contributed by atoms with E-state index in [9.17, 15) is 0 Å². The highest BCUT2D eigenvalue weighted by Crippen LogP contribution is 2.29. The first-order chi connectivity index (χ1) is 15.8. The first kappa shape index (κ1) is 33.4. The Bertz CT molecular complexity index is 403. The lowest BCUT2D eigenvalue weighted by atomic mass is 9.81. The molecule has 0 aliphatic heterocycles. The van der Waals surface area contributed by atoms with Gasteiger partial charge in [-0.3, -0.25) is 0 Å². The molecule has 0 aromatic carbocycles. The van der Waals surface area contributed by atoms with Crippen LogP contribution >= 0.6 is 15.9 Å². The molecule has 0 aliphatic rings. The van der Waals surface area contributed by atoms with E-state index in [2.05, 4.69) is 64.4 Å². The molecule has 33 heavy (non-hydrogen) atoms. The fraction of sp³-hybridized carbons (Fsp3) is 1.00. The van der Waals surface area contributed by atoms with Crippen LogP contribution in [-0.4, -0.2) is 25.3 Å². The molecule has 3 heteroatoms. The number of hydrogen-bond acceptors (Lipinski definition) is 2. The highest BCUT2D eigenvalue weighted by molar-refractivity contribution is 9.09. The van der Waals surface area contributed by atoms with Gasteiger partial charge in [0, 0.05) is 18.5 Å². The third kappa shape index (κ3) is 22.6. The summed E-state index contributed by atoms with van der Waals surface area (Å²) in [5.41, 5.74) is 0. The highest BCUT2D eigenvalue weighted by atomic mass is 79.9. The predicted molar refractivity (Wildman–Crippen MR) is 151 cm³/mol. The molecule has 0 N–H and O–H groups in total. The molecule has 0 amide bonds. The molecule has 0 aliphatic carbocycles. The predicted octanol–water partition coefficient (Wildman–Crippen LogP) is 10.3. The Balaban J connectivity index is 3.79. The molecule has 0 rings (SSSR count). The molecule has 0 saturated heterocycles. The summed E-state index contributed by atoms with van der Waals surface area (Å²) < 4.78 is 11.2. The van der Waals surface area contributed by atoms with Crippen molar-refractivity contribution >= 4 is 15.9 Å². The summed E-state index contributed by atoms with van der Waals surface area (Å²) >= 11 is 3.57. The Morgan fingerprint density at radius 3 is 1.39 bits per heavy atom. The van der Waals surface area contributed by atoms with Gasteiger partial charge in [0.05, 0.1) is 0 Å². The van der Waals surface area contributed by atoms with Crippen LogP contribution in [-0.2, 0) is 9.47 Å². The van der Waals surface area contributed by atoms with Crippen LogP contribution in [0.4, 0.5) is 0 Å². The maximum absolute atomic E-state index is 5.65. The van der Waals surface area contributed by atoms with Crippen LogP contribution in [0.15, 0.2) is 0 Å². The average molecular weight is 534 g/mol. The molecule has 6 unspecified atom stereocenters.